The molecule has 2 amide bonds. The van der Waals surface area contributed by atoms with E-state index in [1.165, 1.54) is 0 Å². The molecule has 1 fully saturated rings. The van der Waals surface area contributed by atoms with Gasteiger partial charge in [-0.25, -0.2) is 14.6 Å². The van der Waals surface area contributed by atoms with Gasteiger partial charge in [0.25, 0.3) is 5.56 Å². The van der Waals surface area contributed by atoms with Gasteiger partial charge in [-0.05, 0) is 24.6 Å². The van der Waals surface area contributed by atoms with Gasteiger partial charge < -0.3 is 59.4 Å². The van der Waals surface area contributed by atoms with E-state index in [-0.39, 0.29) is 68.9 Å². The number of nitrogens with two attached hydrogens (primary N) is 1. The van der Waals surface area contributed by atoms with Gasteiger partial charge in [0.1, 0.15) is 24.9 Å². The zero-order chi connectivity index (χ0) is 37.9. The number of benzene rings is 1. The van der Waals surface area contributed by atoms with E-state index in [1.54, 1.807) is 17.6 Å². The average Bonchev–Trinajstić information content (AvgIpc) is 3.50. The number of hydrogen-bond donors (Lipinski definition) is 5. The SMILES string of the molecule is CC[C@@]1(OC(=O)CCC(=O)NCCOCCO[C@H]2O[C@@H](CO)[C@@H](O)[C@H](OC(N)=O)[C@@H]2O)C(=O)OCc2c1cc1n(c2=O)Cc2cc3ccccc3nc2-1. The number of hydrogen-bond acceptors (Lipinski definition) is 15. The zero-order valence-electron chi connectivity index (χ0n) is 28.7. The Hall–Kier alpha value is -4.98. The third kappa shape index (κ3) is 7.59. The smallest absolute Gasteiger partial charge is 0.404 e. The lowest BCUT2D eigenvalue weighted by molar-refractivity contribution is -0.301. The molecule has 3 aliphatic rings. The molecule has 3 aliphatic heterocycles. The highest BCUT2D eigenvalue weighted by Gasteiger charge is 2.50. The summed E-state index contributed by atoms with van der Waals surface area (Å²) >= 11 is 0. The fourth-order valence-electron chi connectivity index (χ4n) is 6.68. The number of nitrogens with one attached hydrogen (secondary N) is 1. The average molecular weight is 741 g/mol. The van der Waals surface area contributed by atoms with Crippen molar-refractivity contribution in [3.63, 3.8) is 0 Å². The monoisotopic (exact) mass is 740 g/mol. The van der Waals surface area contributed by atoms with Crippen molar-refractivity contribution >= 4 is 34.8 Å². The van der Waals surface area contributed by atoms with Gasteiger partial charge in [-0.2, -0.15) is 0 Å². The Morgan fingerprint density at radius 3 is 2.64 bits per heavy atom. The fraction of sp³-hybridized carbons (Fsp3) is 0.486. The molecule has 1 saturated heterocycles. The van der Waals surface area contributed by atoms with Crippen molar-refractivity contribution in [3.8, 4) is 11.4 Å². The third-order valence-electron chi connectivity index (χ3n) is 9.38. The Bertz CT molecular complexity index is 1950. The highest BCUT2D eigenvalue weighted by Crippen LogP contribution is 2.41. The first-order valence-corrected chi connectivity index (χ1v) is 17.1. The first kappa shape index (κ1) is 37.8. The number of aliphatic hydroxyl groups excluding tert-OH is 3. The molecule has 53 heavy (non-hydrogen) atoms. The molecule has 3 aromatic rings. The lowest BCUT2D eigenvalue weighted by Gasteiger charge is -2.40. The van der Waals surface area contributed by atoms with Gasteiger partial charge in [-0.15, -0.1) is 0 Å². The number of primary amides is 1. The minimum absolute atomic E-state index is 0.00976. The van der Waals surface area contributed by atoms with Crippen LogP contribution in [0.5, 0.6) is 0 Å². The summed E-state index contributed by atoms with van der Waals surface area (Å²) in [6, 6.07) is 11.2. The largest absolute Gasteiger partial charge is 0.457 e. The molecule has 6 atom stereocenters. The number of aliphatic hydroxyl groups is 3. The second-order valence-electron chi connectivity index (χ2n) is 12.7. The molecule has 6 N–H and O–H groups in total. The van der Waals surface area contributed by atoms with Gasteiger partial charge in [0, 0.05) is 29.5 Å². The molecule has 0 unspecified atom stereocenters. The Balaban J connectivity index is 0.991. The van der Waals surface area contributed by atoms with Crippen LogP contribution in [0.25, 0.3) is 22.3 Å². The quantitative estimate of drug-likeness (QED) is 0.0618. The molecule has 1 aromatic carbocycles. The molecule has 2 aromatic heterocycles. The number of aromatic nitrogens is 2. The molecule has 6 rings (SSSR count). The van der Waals surface area contributed by atoms with Crippen molar-refractivity contribution in [2.24, 2.45) is 5.73 Å². The van der Waals surface area contributed by atoms with Crippen LogP contribution >= 0.6 is 0 Å². The minimum Gasteiger partial charge on any atom is -0.457 e. The van der Waals surface area contributed by atoms with E-state index in [4.69, 9.17) is 39.1 Å². The Morgan fingerprint density at radius 1 is 1.09 bits per heavy atom. The second kappa shape index (κ2) is 15.9. The summed E-state index contributed by atoms with van der Waals surface area (Å²) in [6.45, 7) is 1.02. The van der Waals surface area contributed by atoms with Crippen LogP contribution < -0.4 is 16.6 Å². The number of ether oxygens (including phenoxy) is 6. The van der Waals surface area contributed by atoms with Crippen molar-refractivity contribution < 1.29 is 62.9 Å². The van der Waals surface area contributed by atoms with Gasteiger partial charge in [-0.1, -0.05) is 25.1 Å². The maximum Gasteiger partial charge on any atom is 0.404 e. The molecule has 284 valence electrons. The molecule has 0 saturated carbocycles. The lowest BCUT2D eigenvalue weighted by atomic mass is 9.85. The number of carbonyl (C=O) groups is 4. The van der Waals surface area contributed by atoms with Gasteiger partial charge >= 0.3 is 18.0 Å². The Kier molecular flexibility index (Phi) is 11.4. The number of pyridine rings is 2. The molecule has 0 spiro atoms. The van der Waals surface area contributed by atoms with Crippen LogP contribution in [0.2, 0.25) is 0 Å². The van der Waals surface area contributed by atoms with Crippen molar-refractivity contribution in [1.82, 2.24) is 14.9 Å². The van der Waals surface area contributed by atoms with Crippen LogP contribution in [-0.2, 0) is 61.6 Å². The molecule has 18 nitrogen and oxygen atoms in total. The van der Waals surface area contributed by atoms with Crippen molar-refractivity contribution in [2.45, 2.75) is 75.6 Å². The number of carbonyl (C=O) groups excluding carboxylic acids is 4. The maximum absolute atomic E-state index is 13.7. The van der Waals surface area contributed by atoms with Gasteiger partial charge in [-0.3, -0.25) is 14.4 Å². The van der Waals surface area contributed by atoms with Crippen molar-refractivity contribution in [1.29, 1.82) is 0 Å². The summed E-state index contributed by atoms with van der Waals surface area (Å²) in [5.41, 5.74) is 5.88. The van der Waals surface area contributed by atoms with E-state index in [0.29, 0.717) is 17.9 Å². The normalized spacial score (nSPS) is 24.5. The van der Waals surface area contributed by atoms with E-state index in [0.717, 1.165) is 16.5 Å². The van der Waals surface area contributed by atoms with E-state index in [1.807, 2.05) is 30.3 Å². The first-order valence-electron chi connectivity index (χ1n) is 17.1. The molecule has 0 aliphatic carbocycles. The lowest BCUT2D eigenvalue weighted by Crippen LogP contribution is -2.60. The minimum atomic E-state index is -1.89. The first-order chi connectivity index (χ1) is 25.5. The zero-order valence-corrected chi connectivity index (χ0v) is 28.7. The van der Waals surface area contributed by atoms with Crippen molar-refractivity contribution in [2.75, 3.05) is 33.0 Å². The predicted octanol–water partition coefficient (Wildman–Crippen LogP) is -0.537. The van der Waals surface area contributed by atoms with Crippen LogP contribution in [0.15, 0.2) is 41.2 Å². The Labute approximate surface area is 301 Å². The number of nitrogens with zero attached hydrogens (tertiary/aromatic N) is 2. The highest BCUT2D eigenvalue weighted by atomic mass is 16.7. The van der Waals surface area contributed by atoms with E-state index < -0.39 is 66.9 Å². The molecule has 5 heterocycles. The van der Waals surface area contributed by atoms with Gasteiger partial charge in [0.15, 0.2) is 12.4 Å². The van der Waals surface area contributed by atoms with E-state index in [2.05, 4.69) is 5.32 Å². The van der Waals surface area contributed by atoms with E-state index >= 15 is 0 Å². The summed E-state index contributed by atoms with van der Waals surface area (Å²) in [7, 11) is 0. The molecule has 0 radical (unpaired) electrons. The van der Waals surface area contributed by atoms with Gasteiger partial charge in [0.05, 0.1) is 61.9 Å². The number of cyclic esters (lactones) is 1. The van der Waals surface area contributed by atoms with Crippen LogP contribution in [-0.4, -0.2) is 112 Å². The van der Waals surface area contributed by atoms with Crippen LogP contribution in [0.1, 0.15) is 42.9 Å². The summed E-state index contributed by atoms with van der Waals surface area (Å²) < 4.78 is 33.6. The van der Waals surface area contributed by atoms with E-state index in [9.17, 15) is 39.3 Å². The summed E-state index contributed by atoms with van der Waals surface area (Å²) in [5.74, 6) is -2.13. The number of fused-ring (bicyclic) bond motifs is 5. The highest BCUT2D eigenvalue weighted by molar-refractivity contribution is 5.89. The van der Waals surface area contributed by atoms with Crippen LogP contribution in [0.3, 0.4) is 0 Å². The van der Waals surface area contributed by atoms with Crippen molar-refractivity contribution in [3.05, 3.63) is 63.4 Å². The fourth-order valence-corrected chi connectivity index (χ4v) is 6.68. The number of amides is 2. The summed E-state index contributed by atoms with van der Waals surface area (Å²) in [5, 5.41) is 33.4. The topological polar surface area (TPSA) is 257 Å². The summed E-state index contributed by atoms with van der Waals surface area (Å²) in [6.07, 6.45) is -9.08. The molecular weight excluding hydrogens is 700 g/mol. The van der Waals surface area contributed by atoms with Crippen LogP contribution in [0, 0.1) is 0 Å². The number of rotatable bonds is 14. The summed E-state index contributed by atoms with van der Waals surface area (Å²) in [4.78, 5) is 68.5. The molecular formula is C35H40N4O14. The van der Waals surface area contributed by atoms with Crippen LogP contribution in [0.4, 0.5) is 4.79 Å². The third-order valence-corrected chi connectivity index (χ3v) is 9.38. The second-order valence-corrected chi connectivity index (χ2v) is 12.7. The number of para-hydroxylation sites is 1. The van der Waals surface area contributed by atoms with Gasteiger partial charge in [0.2, 0.25) is 11.5 Å². The molecule has 18 heteroatoms. The molecule has 0 bridgehead atoms. The maximum atomic E-state index is 13.7. The Morgan fingerprint density at radius 2 is 1.89 bits per heavy atom. The number of esters is 2. The standard InChI is InChI=1S/C35H40N4O14/c1-2-35(21-14-23-27-19(13-18-5-3-4-6-22(18)38-27)15-39(23)31(45)20(21)17-50-33(35)46)53-26(42)8-7-25(41)37-9-10-48-11-12-49-32-29(44)30(52-34(36)47)28(43)24(16-40)51-32/h3-6,13-14,24,28-30,32,40,43-44H,2,7-12,15-17H2,1H3,(H2,36,47)(H,37,41)/t24-,28+,29-,30-,32-,35-/m0/s1. The predicted molar refractivity (Wildman–Crippen MR) is 180 cm³/mol.